The minimum Gasteiger partial charge on any atom is -0.396 e. The molecule has 16 heavy (non-hydrogen) atoms. The predicted molar refractivity (Wildman–Crippen MR) is 67.2 cm³/mol. The molecule has 0 saturated carbocycles. The Hall–Kier alpha value is -0.570. The maximum absolute atomic E-state index is 11.8. The quantitative estimate of drug-likeness (QED) is 0.734. The summed E-state index contributed by atoms with van der Waals surface area (Å²) >= 11 is 0. The van der Waals surface area contributed by atoms with Crippen LogP contribution in [-0.4, -0.2) is 23.7 Å². The van der Waals surface area contributed by atoms with Crippen LogP contribution in [0.1, 0.15) is 53.9 Å². The van der Waals surface area contributed by atoms with E-state index in [1.165, 1.54) is 0 Å². The average molecular weight is 229 g/mol. The molecule has 0 saturated heterocycles. The van der Waals surface area contributed by atoms with Gasteiger partial charge in [-0.2, -0.15) is 0 Å². The molecule has 0 aliphatic carbocycles. The normalized spacial score (nSPS) is 15.6. The highest BCUT2D eigenvalue weighted by Gasteiger charge is 2.25. The molecule has 96 valence electrons. The molecule has 0 aromatic carbocycles. The van der Waals surface area contributed by atoms with Gasteiger partial charge in [0.25, 0.3) is 0 Å². The van der Waals surface area contributed by atoms with Crippen molar-refractivity contribution in [1.29, 1.82) is 0 Å². The predicted octanol–water partition coefficient (Wildman–Crippen LogP) is 2.34. The Morgan fingerprint density at radius 3 is 2.31 bits per heavy atom. The first-order valence-electron chi connectivity index (χ1n) is 6.21. The number of carbonyl (C=O) groups excluding carboxylic acids is 1. The molecule has 1 amide bonds. The SMILES string of the molecule is CCC(C)CC(=O)NC(CCO)C(C)(C)C. The van der Waals surface area contributed by atoms with Gasteiger partial charge in [0.1, 0.15) is 0 Å². The highest BCUT2D eigenvalue weighted by Crippen LogP contribution is 2.22. The summed E-state index contributed by atoms with van der Waals surface area (Å²) in [7, 11) is 0. The maximum Gasteiger partial charge on any atom is 0.220 e. The lowest BCUT2D eigenvalue weighted by molar-refractivity contribution is -0.123. The molecule has 2 N–H and O–H groups in total. The lowest BCUT2D eigenvalue weighted by Gasteiger charge is -2.31. The molecule has 0 aliphatic rings. The van der Waals surface area contributed by atoms with Crippen molar-refractivity contribution < 1.29 is 9.90 Å². The summed E-state index contributed by atoms with van der Waals surface area (Å²) in [4.78, 5) is 11.8. The zero-order valence-corrected chi connectivity index (χ0v) is 11.3. The van der Waals surface area contributed by atoms with Crippen LogP contribution in [0.25, 0.3) is 0 Å². The molecule has 0 aromatic heterocycles. The fourth-order valence-corrected chi connectivity index (χ4v) is 1.56. The van der Waals surface area contributed by atoms with Crippen LogP contribution in [0.15, 0.2) is 0 Å². The van der Waals surface area contributed by atoms with Crippen LogP contribution >= 0.6 is 0 Å². The van der Waals surface area contributed by atoms with E-state index < -0.39 is 0 Å². The van der Waals surface area contributed by atoms with Gasteiger partial charge in [0.2, 0.25) is 5.91 Å². The molecule has 0 heterocycles. The number of amides is 1. The number of hydrogen-bond acceptors (Lipinski definition) is 2. The molecule has 0 rings (SSSR count). The van der Waals surface area contributed by atoms with E-state index >= 15 is 0 Å². The second-order valence-electron chi connectivity index (χ2n) is 5.72. The van der Waals surface area contributed by atoms with E-state index in [1.807, 2.05) is 0 Å². The number of rotatable bonds is 6. The molecule has 3 nitrogen and oxygen atoms in total. The summed E-state index contributed by atoms with van der Waals surface area (Å²) in [6.07, 6.45) is 2.22. The van der Waals surface area contributed by atoms with Gasteiger partial charge < -0.3 is 10.4 Å². The molecular weight excluding hydrogens is 202 g/mol. The van der Waals surface area contributed by atoms with Gasteiger partial charge in [-0.25, -0.2) is 0 Å². The molecule has 0 radical (unpaired) electrons. The second kappa shape index (κ2) is 6.89. The number of hydrogen-bond donors (Lipinski definition) is 2. The van der Waals surface area contributed by atoms with Crippen molar-refractivity contribution in [2.24, 2.45) is 11.3 Å². The van der Waals surface area contributed by atoms with Crippen molar-refractivity contribution in [1.82, 2.24) is 5.32 Å². The van der Waals surface area contributed by atoms with Gasteiger partial charge in [-0.15, -0.1) is 0 Å². The summed E-state index contributed by atoms with van der Waals surface area (Å²) in [6.45, 7) is 10.5. The third-order valence-corrected chi connectivity index (χ3v) is 3.03. The molecular formula is C13H27NO2. The van der Waals surface area contributed by atoms with Crippen molar-refractivity contribution >= 4 is 5.91 Å². The Balaban J connectivity index is 4.24. The number of carbonyl (C=O) groups is 1. The molecule has 2 unspecified atom stereocenters. The third-order valence-electron chi connectivity index (χ3n) is 3.03. The first-order valence-corrected chi connectivity index (χ1v) is 6.21. The summed E-state index contributed by atoms with van der Waals surface area (Å²) in [5.74, 6) is 0.525. The molecule has 0 fully saturated rings. The van der Waals surface area contributed by atoms with E-state index in [0.29, 0.717) is 18.8 Å². The topological polar surface area (TPSA) is 49.3 Å². The number of nitrogens with one attached hydrogen (secondary N) is 1. The smallest absolute Gasteiger partial charge is 0.220 e. The Morgan fingerprint density at radius 2 is 1.94 bits per heavy atom. The molecule has 0 aromatic rings. The zero-order valence-electron chi connectivity index (χ0n) is 11.3. The minimum atomic E-state index is -0.00611. The van der Waals surface area contributed by atoms with Crippen molar-refractivity contribution in [2.45, 2.75) is 59.9 Å². The van der Waals surface area contributed by atoms with Crippen LogP contribution in [0.3, 0.4) is 0 Å². The highest BCUT2D eigenvalue weighted by molar-refractivity contribution is 5.76. The molecule has 0 bridgehead atoms. The van der Waals surface area contributed by atoms with E-state index in [2.05, 4.69) is 39.9 Å². The van der Waals surface area contributed by atoms with Crippen molar-refractivity contribution in [3.8, 4) is 0 Å². The average Bonchev–Trinajstić information content (AvgIpc) is 2.15. The van der Waals surface area contributed by atoms with Crippen LogP contribution in [-0.2, 0) is 4.79 Å². The lowest BCUT2D eigenvalue weighted by Crippen LogP contribution is -2.44. The van der Waals surface area contributed by atoms with Crippen molar-refractivity contribution in [2.75, 3.05) is 6.61 Å². The fourth-order valence-electron chi connectivity index (χ4n) is 1.56. The van der Waals surface area contributed by atoms with Gasteiger partial charge >= 0.3 is 0 Å². The van der Waals surface area contributed by atoms with E-state index in [0.717, 1.165) is 6.42 Å². The van der Waals surface area contributed by atoms with Crippen LogP contribution in [0, 0.1) is 11.3 Å². The molecule has 0 aliphatic heterocycles. The van der Waals surface area contributed by atoms with Crippen molar-refractivity contribution in [3.05, 3.63) is 0 Å². The monoisotopic (exact) mass is 229 g/mol. The first kappa shape index (κ1) is 15.4. The highest BCUT2D eigenvalue weighted by atomic mass is 16.3. The summed E-state index contributed by atoms with van der Waals surface area (Å²) in [5.41, 5.74) is -0.00611. The van der Waals surface area contributed by atoms with Crippen LogP contribution in [0.4, 0.5) is 0 Å². The van der Waals surface area contributed by atoms with E-state index in [4.69, 9.17) is 5.11 Å². The molecule has 0 spiro atoms. The summed E-state index contributed by atoms with van der Waals surface area (Å²) < 4.78 is 0. The van der Waals surface area contributed by atoms with Gasteiger partial charge in [-0.3, -0.25) is 4.79 Å². The van der Waals surface area contributed by atoms with Crippen LogP contribution < -0.4 is 5.32 Å². The van der Waals surface area contributed by atoms with E-state index in [1.54, 1.807) is 0 Å². The fraction of sp³-hybridized carbons (Fsp3) is 0.923. The summed E-state index contributed by atoms with van der Waals surface area (Å²) in [5, 5.41) is 12.0. The van der Waals surface area contributed by atoms with Crippen LogP contribution in [0.5, 0.6) is 0 Å². The van der Waals surface area contributed by atoms with Crippen molar-refractivity contribution in [3.63, 3.8) is 0 Å². The molecule has 3 heteroatoms. The molecule has 2 atom stereocenters. The summed E-state index contributed by atoms with van der Waals surface area (Å²) in [6, 6.07) is 0.0501. The lowest BCUT2D eigenvalue weighted by atomic mass is 9.84. The number of aliphatic hydroxyl groups is 1. The Morgan fingerprint density at radius 1 is 1.38 bits per heavy atom. The first-order chi connectivity index (χ1) is 7.31. The van der Waals surface area contributed by atoms with Gasteiger partial charge in [0.05, 0.1) is 0 Å². The van der Waals surface area contributed by atoms with Gasteiger partial charge in [0.15, 0.2) is 0 Å². The van der Waals surface area contributed by atoms with E-state index in [-0.39, 0.29) is 24.0 Å². The minimum absolute atomic E-state index is 0.00611. The maximum atomic E-state index is 11.8. The van der Waals surface area contributed by atoms with Gasteiger partial charge in [-0.1, -0.05) is 41.0 Å². The van der Waals surface area contributed by atoms with Gasteiger partial charge in [0, 0.05) is 19.1 Å². The van der Waals surface area contributed by atoms with Gasteiger partial charge in [-0.05, 0) is 17.8 Å². The largest absolute Gasteiger partial charge is 0.396 e. The standard InChI is InChI=1S/C13H27NO2/c1-6-10(2)9-12(16)14-11(7-8-15)13(3,4)5/h10-11,15H,6-9H2,1-5H3,(H,14,16). The Kier molecular flexibility index (Phi) is 6.65. The number of aliphatic hydroxyl groups excluding tert-OH is 1. The zero-order chi connectivity index (χ0) is 12.8. The Labute approximate surface area is 99.6 Å². The van der Waals surface area contributed by atoms with Crippen LogP contribution in [0.2, 0.25) is 0 Å². The second-order valence-corrected chi connectivity index (χ2v) is 5.72. The van der Waals surface area contributed by atoms with E-state index in [9.17, 15) is 4.79 Å². The third kappa shape index (κ3) is 6.11. The Bertz CT molecular complexity index is 208.